The van der Waals surface area contributed by atoms with Crippen LogP contribution in [0.25, 0.3) is 21.9 Å². The van der Waals surface area contributed by atoms with Crippen LogP contribution in [0.1, 0.15) is 27.9 Å². The summed E-state index contributed by atoms with van der Waals surface area (Å²) in [6, 6.07) is 22.8. The molecule has 1 heterocycles. The van der Waals surface area contributed by atoms with Crippen molar-refractivity contribution < 1.29 is 14.3 Å². The molecule has 3 aromatic carbocycles. The maximum Gasteiger partial charge on any atom is 0.196 e. The Labute approximate surface area is 179 Å². The summed E-state index contributed by atoms with van der Waals surface area (Å²) in [5.74, 6) is 1.15. The number of ether oxygens (including phenoxy) is 2. The Morgan fingerprint density at radius 1 is 1.00 bits per heavy atom. The first-order valence-electron chi connectivity index (χ1n) is 9.68. The number of benzene rings is 3. The van der Waals surface area contributed by atoms with Crippen LogP contribution >= 0.6 is 11.3 Å². The highest BCUT2D eigenvalue weighted by molar-refractivity contribution is 7.20. The summed E-state index contributed by atoms with van der Waals surface area (Å²) in [5.41, 5.74) is 2.78. The minimum atomic E-state index is -0.0847. The monoisotopic (exact) mass is 415 g/mol. The Kier molecular flexibility index (Phi) is 5.91. The maximum atomic E-state index is 13.5. The van der Waals surface area contributed by atoms with Gasteiger partial charge >= 0.3 is 0 Å². The number of fused-ring (bicyclic) bond motifs is 1. The summed E-state index contributed by atoms with van der Waals surface area (Å²) in [5, 5.41) is 0.675. The molecule has 0 radical (unpaired) electrons. The number of methoxy groups -OCH3 is 1. The minimum absolute atomic E-state index is 0.0847. The van der Waals surface area contributed by atoms with Crippen LogP contribution in [0.4, 0.5) is 0 Å². The van der Waals surface area contributed by atoms with Crippen LogP contribution in [0.15, 0.2) is 72.8 Å². The second kappa shape index (κ2) is 8.93. The van der Waals surface area contributed by atoms with Crippen LogP contribution in [0.5, 0.6) is 11.5 Å². The zero-order chi connectivity index (χ0) is 20.9. The summed E-state index contributed by atoms with van der Waals surface area (Å²) in [6.45, 7) is 2.45. The average molecular weight is 416 g/mol. The van der Waals surface area contributed by atoms with E-state index in [1.165, 1.54) is 11.3 Å². The van der Waals surface area contributed by atoms with Gasteiger partial charge in [0.15, 0.2) is 17.3 Å². The van der Waals surface area contributed by atoms with Gasteiger partial charge in [0.25, 0.3) is 0 Å². The predicted molar refractivity (Wildman–Crippen MR) is 122 cm³/mol. The van der Waals surface area contributed by atoms with Gasteiger partial charge < -0.3 is 9.47 Å². The van der Waals surface area contributed by atoms with Gasteiger partial charge in [-0.1, -0.05) is 54.6 Å². The number of nitrogens with zero attached hydrogens (tertiary/aromatic N) is 1. The number of carbonyl (C=O) groups is 1. The third-order valence-electron chi connectivity index (χ3n) is 4.62. The van der Waals surface area contributed by atoms with Crippen LogP contribution in [0.2, 0.25) is 0 Å². The molecule has 0 spiro atoms. The molecule has 5 heteroatoms. The Morgan fingerprint density at radius 3 is 2.50 bits per heavy atom. The van der Waals surface area contributed by atoms with E-state index >= 15 is 0 Å². The van der Waals surface area contributed by atoms with Gasteiger partial charge in [-0.15, -0.1) is 11.3 Å². The number of ketones is 1. The molecule has 0 N–H and O–H groups in total. The number of Topliss-reactive ketones (excluding diaryl/α,β-unsaturated/α-hetero) is 1. The van der Waals surface area contributed by atoms with Gasteiger partial charge in [-0.25, -0.2) is 4.98 Å². The van der Waals surface area contributed by atoms with Gasteiger partial charge in [-0.2, -0.15) is 0 Å². The SMILES string of the molecule is CCOc1cccc(/C=C(/C(=O)c2ccccc2)c2nc3ccccc3s2)c1OC. The van der Waals surface area contributed by atoms with Gasteiger partial charge in [0.1, 0.15) is 5.01 Å². The molecule has 0 bridgehead atoms. The largest absolute Gasteiger partial charge is 0.492 e. The van der Waals surface area contributed by atoms with Crippen molar-refractivity contribution in [3.8, 4) is 11.5 Å². The van der Waals surface area contributed by atoms with E-state index in [-0.39, 0.29) is 5.78 Å². The lowest BCUT2D eigenvalue weighted by Gasteiger charge is -2.12. The fourth-order valence-electron chi connectivity index (χ4n) is 3.25. The molecule has 0 amide bonds. The highest BCUT2D eigenvalue weighted by Gasteiger charge is 2.20. The lowest BCUT2D eigenvalue weighted by atomic mass is 10.0. The van der Waals surface area contributed by atoms with Crippen molar-refractivity contribution in [1.82, 2.24) is 4.98 Å². The molecule has 0 aliphatic carbocycles. The average Bonchev–Trinajstić information content (AvgIpc) is 3.22. The lowest BCUT2D eigenvalue weighted by molar-refractivity contribution is 0.105. The molecule has 4 nitrogen and oxygen atoms in total. The molecule has 1 aromatic heterocycles. The smallest absolute Gasteiger partial charge is 0.196 e. The first-order chi connectivity index (χ1) is 14.7. The van der Waals surface area contributed by atoms with Crippen molar-refractivity contribution >= 4 is 39.0 Å². The number of carbonyl (C=O) groups excluding carboxylic acids is 1. The quantitative estimate of drug-likeness (QED) is 0.269. The van der Waals surface area contributed by atoms with Crippen LogP contribution in [-0.2, 0) is 0 Å². The molecule has 4 rings (SSSR count). The van der Waals surface area contributed by atoms with E-state index in [0.717, 1.165) is 15.8 Å². The molecule has 150 valence electrons. The molecular weight excluding hydrogens is 394 g/mol. The normalized spacial score (nSPS) is 11.5. The van der Waals surface area contributed by atoms with Gasteiger partial charge in [-0.05, 0) is 31.2 Å². The third-order valence-corrected chi connectivity index (χ3v) is 5.69. The maximum absolute atomic E-state index is 13.5. The lowest BCUT2D eigenvalue weighted by Crippen LogP contribution is -2.03. The van der Waals surface area contributed by atoms with Crippen molar-refractivity contribution in [2.75, 3.05) is 13.7 Å². The zero-order valence-corrected chi connectivity index (χ0v) is 17.6. The van der Waals surface area contributed by atoms with Gasteiger partial charge in [0, 0.05) is 11.1 Å². The molecule has 4 aromatic rings. The Balaban J connectivity index is 1.89. The molecule has 30 heavy (non-hydrogen) atoms. The molecule has 0 unspecified atom stereocenters. The molecule has 0 saturated carbocycles. The molecule has 0 fully saturated rings. The number of rotatable bonds is 7. The van der Waals surface area contributed by atoms with Crippen molar-refractivity contribution in [2.24, 2.45) is 0 Å². The topological polar surface area (TPSA) is 48.4 Å². The van der Waals surface area contributed by atoms with E-state index in [4.69, 9.17) is 14.5 Å². The summed E-state index contributed by atoms with van der Waals surface area (Å²) >= 11 is 1.50. The van der Waals surface area contributed by atoms with E-state index in [1.807, 2.05) is 85.8 Å². The standard InChI is InChI=1S/C25H21NO3S/c1-3-29-21-14-9-12-18(24(21)28-2)16-19(23(27)17-10-5-4-6-11-17)25-26-20-13-7-8-15-22(20)30-25/h4-16H,3H2,1-2H3/b19-16-. The van der Waals surface area contributed by atoms with E-state index in [2.05, 4.69) is 0 Å². The van der Waals surface area contributed by atoms with E-state index < -0.39 is 0 Å². The Hall–Kier alpha value is -3.44. The summed E-state index contributed by atoms with van der Waals surface area (Å²) in [6.07, 6.45) is 1.84. The van der Waals surface area contributed by atoms with Crippen molar-refractivity contribution in [3.05, 3.63) is 88.9 Å². The van der Waals surface area contributed by atoms with E-state index in [9.17, 15) is 4.79 Å². The third kappa shape index (κ3) is 3.98. The first-order valence-corrected chi connectivity index (χ1v) is 10.5. The van der Waals surface area contributed by atoms with Crippen LogP contribution < -0.4 is 9.47 Å². The molecule has 0 aliphatic rings. The van der Waals surface area contributed by atoms with Gasteiger partial charge in [-0.3, -0.25) is 4.79 Å². The summed E-state index contributed by atoms with van der Waals surface area (Å²) in [7, 11) is 1.60. The van der Waals surface area contributed by atoms with Crippen LogP contribution in [-0.4, -0.2) is 24.5 Å². The number of hydrogen-bond donors (Lipinski definition) is 0. The van der Waals surface area contributed by atoms with E-state index in [1.54, 1.807) is 7.11 Å². The highest BCUT2D eigenvalue weighted by atomic mass is 32.1. The minimum Gasteiger partial charge on any atom is -0.492 e. The number of para-hydroxylation sites is 2. The number of hydrogen-bond acceptors (Lipinski definition) is 5. The second-order valence-corrected chi connectivity index (χ2v) is 7.58. The zero-order valence-electron chi connectivity index (χ0n) is 16.8. The molecule has 0 aliphatic heterocycles. The van der Waals surface area contributed by atoms with Crippen molar-refractivity contribution in [2.45, 2.75) is 6.92 Å². The van der Waals surface area contributed by atoms with Crippen molar-refractivity contribution in [3.63, 3.8) is 0 Å². The van der Waals surface area contributed by atoms with Crippen LogP contribution in [0.3, 0.4) is 0 Å². The van der Waals surface area contributed by atoms with Crippen LogP contribution in [0, 0.1) is 0 Å². The fraction of sp³-hybridized carbons (Fsp3) is 0.120. The molecule has 0 atom stereocenters. The second-order valence-electron chi connectivity index (χ2n) is 6.55. The number of allylic oxidation sites excluding steroid dienone is 1. The highest BCUT2D eigenvalue weighted by Crippen LogP contribution is 2.36. The van der Waals surface area contributed by atoms with E-state index in [0.29, 0.717) is 34.3 Å². The summed E-state index contributed by atoms with van der Waals surface area (Å²) in [4.78, 5) is 18.2. The first kappa shape index (κ1) is 19.9. The summed E-state index contributed by atoms with van der Waals surface area (Å²) < 4.78 is 12.3. The fourth-order valence-corrected chi connectivity index (χ4v) is 4.23. The van der Waals surface area contributed by atoms with Gasteiger partial charge in [0.2, 0.25) is 0 Å². The predicted octanol–water partition coefficient (Wildman–Crippen LogP) is 6.13. The number of thiazole rings is 1. The Bertz CT molecular complexity index is 1180. The van der Waals surface area contributed by atoms with Gasteiger partial charge in [0.05, 0.1) is 29.5 Å². The number of aromatic nitrogens is 1. The van der Waals surface area contributed by atoms with Crippen molar-refractivity contribution in [1.29, 1.82) is 0 Å². The molecule has 0 saturated heterocycles. The molecular formula is C25H21NO3S. The Morgan fingerprint density at radius 2 is 1.77 bits per heavy atom.